The molecule has 1 atom stereocenters. The smallest absolute Gasteiger partial charge is 0.341 e. The number of rotatable bonds is 3. The molecule has 1 aromatic rings. The van der Waals surface area contributed by atoms with Crippen molar-refractivity contribution in [3.8, 4) is 0 Å². The van der Waals surface area contributed by atoms with Crippen molar-refractivity contribution in [1.82, 2.24) is 4.98 Å². The first-order valence-electron chi connectivity index (χ1n) is 6.27. The van der Waals surface area contributed by atoms with Gasteiger partial charge >= 0.3 is 5.97 Å². The normalized spacial score (nSPS) is 19.0. The molecule has 98 valence electrons. The van der Waals surface area contributed by atoms with Crippen molar-refractivity contribution in [1.29, 1.82) is 0 Å². The van der Waals surface area contributed by atoms with Gasteiger partial charge in [-0.1, -0.05) is 6.92 Å². The van der Waals surface area contributed by atoms with Crippen LogP contribution in [0.25, 0.3) is 0 Å². The van der Waals surface area contributed by atoms with Gasteiger partial charge in [0.05, 0.1) is 19.0 Å². The summed E-state index contributed by atoms with van der Waals surface area (Å²) in [6.07, 6.45) is 4.91. The molecular weight excluding hydrogens is 230 g/mol. The Labute approximate surface area is 107 Å². The molecule has 0 spiro atoms. The SMILES string of the molecule is CCC1CCCN1c1ncc(N)cc1C(=O)OC. The maximum absolute atomic E-state index is 11.8. The molecule has 1 unspecified atom stereocenters. The van der Waals surface area contributed by atoms with Gasteiger partial charge in [-0.15, -0.1) is 0 Å². The molecule has 18 heavy (non-hydrogen) atoms. The summed E-state index contributed by atoms with van der Waals surface area (Å²) in [6.45, 7) is 3.08. The van der Waals surface area contributed by atoms with E-state index in [1.807, 2.05) is 0 Å². The number of nitrogens with zero attached hydrogens (tertiary/aromatic N) is 2. The lowest BCUT2D eigenvalue weighted by molar-refractivity contribution is 0.0601. The second-order valence-corrected chi connectivity index (χ2v) is 4.53. The number of carbonyl (C=O) groups is 1. The Morgan fingerprint density at radius 3 is 3.11 bits per heavy atom. The Morgan fingerprint density at radius 2 is 2.44 bits per heavy atom. The van der Waals surface area contributed by atoms with E-state index in [2.05, 4.69) is 16.8 Å². The molecule has 0 bridgehead atoms. The van der Waals surface area contributed by atoms with Crippen LogP contribution in [0.1, 0.15) is 36.5 Å². The summed E-state index contributed by atoms with van der Waals surface area (Å²) in [4.78, 5) is 18.3. The Kier molecular flexibility index (Phi) is 3.69. The number of nitrogen functional groups attached to an aromatic ring is 1. The van der Waals surface area contributed by atoms with Gasteiger partial charge in [0, 0.05) is 12.6 Å². The minimum atomic E-state index is -0.383. The zero-order valence-electron chi connectivity index (χ0n) is 10.8. The van der Waals surface area contributed by atoms with Gasteiger partial charge in [-0.05, 0) is 25.3 Å². The van der Waals surface area contributed by atoms with Crippen LogP contribution in [-0.2, 0) is 4.74 Å². The molecule has 0 aliphatic carbocycles. The van der Waals surface area contributed by atoms with Gasteiger partial charge in [0.25, 0.3) is 0 Å². The molecule has 5 heteroatoms. The minimum absolute atomic E-state index is 0.383. The lowest BCUT2D eigenvalue weighted by Gasteiger charge is -2.26. The van der Waals surface area contributed by atoms with E-state index in [1.165, 1.54) is 7.11 Å². The Bertz CT molecular complexity index is 448. The van der Waals surface area contributed by atoms with E-state index in [0.717, 1.165) is 25.8 Å². The van der Waals surface area contributed by atoms with Gasteiger partial charge in [0.1, 0.15) is 11.4 Å². The van der Waals surface area contributed by atoms with E-state index in [0.29, 0.717) is 23.1 Å². The minimum Gasteiger partial charge on any atom is -0.465 e. The van der Waals surface area contributed by atoms with Crippen LogP contribution in [0.15, 0.2) is 12.3 Å². The Morgan fingerprint density at radius 1 is 1.67 bits per heavy atom. The summed E-state index contributed by atoms with van der Waals surface area (Å²) >= 11 is 0. The van der Waals surface area contributed by atoms with Crippen LogP contribution in [0, 0.1) is 0 Å². The number of hydrogen-bond donors (Lipinski definition) is 1. The molecule has 5 nitrogen and oxygen atoms in total. The van der Waals surface area contributed by atoms with E-state index in [9.17, 15) is 4.79 Å². The highest BCUT2D eigenvalue weighted by atomic mass is 16.5. The molecule has 0 aromatic carbocycles. The fraction of sp³-hybridized carbons (Fsp3) is 0.538. The molecular formula is C13H19N3O2. The molecule has 1 fully saturated rings. The number of hydrogen-bond acceptors (Lipinski definition) is 5. The molecule has 1 aromatic heterocycles. The van der Waals surface area contributed by atoms with Gasteiger partial charge in [-0.2, -0.15) is 0 Å². The lowest BCUT2D eigenvalue weighted by Crippen LogP contribution is -2.31. The quantitative estimate of drug-likeness (QED) is 0.828. The zero-order chi connectivity index (χ0) is 13.1. The van der Waals surface area contributed by atoms with Crippen LogP contribution in [0.5, 0.6) is 0 Å². The first-order chi connectivity index (χ1) is 8.67. The zero-order valence-corrected chi connectivity index (χ0v) is 10.8. The van der Waals surface area contributed by atoms with Crippen molar-refractivity contribution in [2.75, 3.05) is 24.3 Å². The second kappa shape index (κ2) is 5.25. The van der Waals surface area contributed by atoms with Crippen LogP contribution < -0.4 is 10.6 Å². The topological polar surface area (TPSA) is 68.5 Å². The van der Waals surface area contributed by atoms with Gasteiger partial charge in [0.2, 0.25) is 0 Å². The molecule has 2 heterocycles. The van der Waals surface area contributed by atoms with E-state index in [4.69, 9.17) is 10.5 Å². The van der Waals surface area contributed by atoms with Gasteiger partial charge < -0.3 is 15.4 Å². The largest absolute Gasteiger partial charge is 0.465 e. The summed E-state index contributed by atoms with van der Waals surface area (Å²) in [5.41, 5.74) is 6.63. The number of anilines is 2. The van der Waals surface area contributed by atoms with Crippen LogP contribution in [0.3, 0.4) is 0 Å². The molecule has 0 radical (unpaired) electrons. The van der Waals surface area contributed by atoms with Crippen molar-refractivity contribution in [2.45, 2.75) is 32.2 Å². The van der Waals surface area contributed by atoms with E-state index in [-0.39, 0.29) is 5.97 Å². The molecule has 0 amide bonds. The predicted molar refractivity (Wildman–Crippen MR) is 70.6 cm³/mol. The summed E-state index contributed by atoms with van der Waals surface area (Å²) in [7, 11) is 1.37. The molecule has 2 rings (SSSR count). The van der Waals surface area contributed by atoms with E-state index in [1.54, 1.807) is 12.3 Å². The molecule has 1 aliphatic heterocycles. The molecule has 1 aliphatic rings. The van der Waals surface area contributed by atoms with Gasteiger partial charge in [-0.25, -0.2) is 9.78 Å². The average molecular weight is 249 g/mol. The van der Waals surface area contributed by atoms with Gasteiger partial charge in [0.15, 0.2) is 0 Å². The van der Waals surface area contributed by atoms with Crippen molar-refractivity contribution in [3.63, 3.8) is 0 Å². The number of aromatic nitrogens is 1. The van der Waals surface area contributed by atoms with Crippen LogP contribution in [0.2, 0.25) is 0 Å². The maximum atomic E-state index is 11.8. The predicted octanol–water partition coefficient (Wildman–Crippen LogP) is 1.83. The number of ether oxygens (including phenoxy) is 1. The first-order valence-corrected chi connectivity index (χ1v) is 6.27. The lowest BCUT2D eigenvalue weighted by atomic mass is 10.1. The third-order valence-corrected chi connectivity index (χ3v) is 3.41. The van der Waals surface area contributed by atoms with Crippen molar-refractivity contribution >= 4 is 17.5 Å². The number of nitrogens with two attached hydrogens (primary N) is 1. The summed E-state index contributed by atoms with van der Waals surface area (Å²) in [6, 6.07) is 2.09. The summed E-state index contributed by atoms with van der Waals surface area (Å²) in [5.74, 6) is 0.312. The number of pyridine rings is 1. The fourth-order valence-electron chi connectivity index (χ4n) is 2.50. The van der Waals surface area contributed by atoms with Crippen LogP contribution >= 0.6 is 0 Å². The maximum Gasteiger partial charge on any atom is 0.341 e. The van der Waals surface area contributed by atoms with Crippen LogP contribution in [-0.4, -0.2) is 30.6 Å². The highest BCUT2D eigenvalue weighted by Crippen LogP contribution is 2.29. The van der Waals surface area contributed by atoms with Crippen molar-refractivity contribution in [3.05, 3.63) is 17.8 Å². The average Bonchev–Trinajstić information content (AvgIpc) is 2.85. The van der Waals surface area contributed by atoms with E-state index >= 15 is 0 Å². The highest BCUT2D eigenvalue weighted by molar-refractivity contribution is 5.95. The molecule has 0 saturated carbocycles. The van der Waals surface area contributed by atoms with Crippen molar-refractivity contribution < 1.29 is 9.53 Å². The summed E-state index contributed by atoms with van der Waals surface area (Å²) in [5, 5.41) is 0. The fourth-order valence-corrected chi connectivity index (χ4v) is 2.50. The first kappa shape index (κ1) is 12.7. The molecule has 2 N–H and O–H groups in total. The van der Waals surface area contributed by atoms with E-state index < -0.39 is 0 Å². The highest BCUT2D eigenvalue weighted by Gasteiger charge is 2.28. The summed E-state index contributed by atoms with van der Waals surface area (Å²) < 4.78 is 4.80. The second-order valence-electron chi connectivity index (χ2n) is 4.53. The molecule has 1 saturated heterocycles. The van der Waals surface area contributed by atoms with Crippen molar-refractivity contribution in [2.24, 2.45) is 0 Å². The standard InChI is InChI=1S/C13H19N3O2/c1-3-10-5-4-6-16(10)12-11(13(17)18-2)7-9(14)8-15-12/h7-8,10H,3-6,14H2,1-2H3. The monoisotopic (exact) mass is 249 g/mol. The Hall–Kier alpha value is -1.78. The number of methoxy groups -OCH3 is 1. The third-order valence-electron chi connectivity index (χ3n) is 3.41. The van der Waals surface area contributed by atoms with Crippen LogP contribution in [0.4, 0.5) is 11.5 Å². The third kappa shape index (κ3) is 2.25. The Balaban J connectivity index is 2.40. The number of esters is 1. The van der Waals surface area contributed by atoms with Gasteiger partial charge in [-0.3, -0.25) is 0 Å². The number of carbonyl (C=O) groups excluding carboxylic acids is 1.